The van der Waals surface area contributed by atoms with E-state index >= 15 is 0 Å². The SMILES string of the molecule is O=C([C@H]1Cc2cc(Cl)cc(-c3ccnc4cc(CO)sc34)c2O1)N1CC[C@H](O)C1. The second-order valence-electron chi connectivity index (χ2n) is 7.42. The molecule has 150 valence electrons. The fourth-order valence-electron chi connectivity index (χ4n) is 4.09. The molecule has 0 aliphatic carbocycles. The zero-order valence-corrected chi connectivity index (χ0v) is 17.0. The molecule has 2 aliphatic rings. The van der Waals surface area contributed by atoms with Crippen molar-refractivity contribution >= 4 is 39.1 Å². The van der Waals surface area contributed by atoms with E-state index in [2.05, 4.69) is 4.98 Å². The lowest BCUT2D eigenvalue weighted by molar-refractivity contribution is -0.137. The summed E-state index contributed by atoms with van der Waals surface area (Å²) in [6.45, 7) is 0.865. The Morgan fingerprint density at radius 2 is 2.21 bits per heavy atom. The van der Waals surface area contributed by atoms with Crippen LogP contribution in [-0.4, -0.2) is 51.3 Å². The summed E-state index contributed by atoms with van der Waals surface area (Å²) in [4.78, 5) is 19.8. The first-order chi connectivity index (χ1) is 14.0. The molecule has 2 N–H and O–H groups in total. The van der Waals surface area contributed by atoms with Crippen molar-refractivity contribution < 1.29 is 19.7 Å². The minimum Gasteiger partial charge on any atom is -0.479 e. The highest BCUT2D eigenvalue weighted by molar-refractivity contribution is 7.19. The van der Waals surface area contributed by atoms with Gasteiger partial charge in [0, 0.05) is 52.3 Å². The Kier molecular flexibility index (Phi) is 4.70. The fourth-order valence-corrected chi connectivity index (χ4v) is 5.33. The van der Waals surface area contributed by atoms with Gasteiger partial charge in [-0.3, -0.25) is 9.78 Å². The Bertz CT molecular complexity index is 1120. The zero-order chi connectivity index (χ0) is 20.1. The molecule has 2 aliphatic heterocycles. The number of carbonyl (C=O) groups excluding carboxylic acids is 1. The Morgan fingerprint density at radius 3 is 2.97 bits per heavy atom. The molecule has 2 atom stereocenters. The van der Waals surface area contributed by atoms with Crippen molar-refractivity contribution in [1.82, 2.24) is 9.88 Å². The van der Waals surface area contributed by atoms with Gasteiger partial charge in [-0.15, -0.1) is 11.3 Å². The molecule has 1 amide bonds. The first-order valence-corrected chi connectivity index (χ1v) is 10.7. The highest BCUT2D eigenvalue weighted by Crippen LogP contribution is 2.44. The van der Waals surface area contributed by atoms with Gasteiger partial charge in [0.1, 0.15) is 5.75 Å². The number of β-amino-alcohol motifs (C(OH)–C–C–N with tert-alkyl or cyclic N) is 1. The summed E-state index contributed by atoms with van der Waals surface area (Å²) in [6, 6.07) is 7.47. The van der Waals surface area contributed by atoms with E-state index in [4.69, 9.17) is 16.3 Å². The number of nitrogens with zero attached hydrogens (tertiary/aromatic N) is 2. The molecule has 0 radical (unpaired) electrons. The van der Waals surface area contributed by atoms with Crippen molar-refractivity contribution in [2.45, 2.75) is 31.7 Å². The molecule has 0 saturated carbocycles. The quantitative estimate of drug-likeness (QED) is 0.667. The molecule has 6 nitrogen and oxygen atoms in total. The zero-order valence-electron chi connectivity index (χ0n) is 15.5. The Hall–Kier alpha value is -2.19. The van der Waals surface area contributed by atoms with Crippen molar-refractivity contribution in [3.05, 3.63) is 45.9 Å². The summed E-state index contributed by atoms with van der Waals surface area (Å²) in [6.07, 6.45) is 1.71. The molecule has 4 heterocycles. The lowest BCUT2D eigenvalue weighted by Crippen LogP contribution is -2.40. The number of likely N-dealkylation sites (tertiary alicyclic amines) is 1. The van der Waals surface area contributed by atoms with Crippen LogP contribution >= 0.6 is 22.9 Å². The number of pyridine rings is 1. The maximum absolute atomic E-state index is 12.9. The predicted molar refractivity (Wildman–Crippen MR) is 111 cm³/mol. The van der Waals surface area contributed by atoms with Gasteiger partial charge in [-0.1, -0.05) is 11.6 Å². The monoisotopic (exact) mass is 430 g/mol. The van der Waals surface area contributed by atoms with E-state index in [1.165, 1.54) is 11.3 Å². The van der Waals surface area contributed by atoms with Crippen molar-refractivity contribution in [3.63, 3.8) is 0 Å². The van der Waals surface area contributed by atoms with Gasteiger partial charge in [0.15, 0.2) is 6.10 Å². The molecular formula is C21H19ClN2O4S. The van der Waals surface area contributed by atoms with Crippen molar-refractivity contribution in [3.8, 4) is 16.9 Å². The van der Waals surface area contributed by atoms with E-state index < -0.39 is 12.2 Å². The highest BCUT2D eigenvalue weighted by atomic mass is 35.5. The third-order valence-corrected chi connectivity index (χ3v) is 6.82. The number of ether oxygens (including phenoxy) is 1. The third-order valence-electron chi connectivity index (χ3n) is 5.46. The van der Waals surface area contributed by atoms with Crippen molar-refractivity contribution in [2.24, 2.45) is 0 Å². The lowest BCUT2D eigenvalue weighted by Gasteiger charge is -2.20. The maximum atomic E-state index is 12.9. The molecule has 1 aromatic carbocycles. The number of aliphatic hydroxyl groups is 2. The van der Waals surface area contributed by atoms with E-state index in [1.807, 2.05) is 24.3 Å². The second-order valence-corrected chi connectivity index (χ2v) is 9.00. The Morgan fingerprint density at radius 1 is 1.34 bits per heavy atom. The van der Waals surface area contributed by atoms with Crippen molar-refractivity contribution in [2.75, 3.05) is 13.1 Å². The molecule has 29 heavy (non-hydrogen) atoms. The Balaban J connectivity index is 1.54. The lowest BCUT2D eigenvalue weighted by atomic mass is 10.0. The summed E-state index contributed by atoms with van der Waals surface area (Å²) in [5.74, 6) is 0.567. The molecule has 2 aromatic heterocycles. The normalized spacial score (nSPS) is 20.9. The number of fused-ring (bicyclic) bond motifs is 2. The number of amides is 1. The molecule has 0 spiro atoms. The molecule has 5 rings (SSSR count). The number of aliphatic hydroxyl groups excluding tert-OH is 2. The van der Waals surface area contributed by atoms with Crippen LogP contribution in [0.1, 0.15) is 16.9 Å². The van der Waals surface area contributed by atoms with Gasteiger partial charge in [0.25, 0.3) is 5.91 Å². The van der Waals surface area contributed by atoms with E-state index in [-0.39, 0.29) is 12.5 Å². The molecule has 3 aromatic rings. The van der Waals surface area contributed by atoms with Crippen LogP contribution in [0.4, 0.5) is 0 Å². The first-order valence-electron chi connectivity index (χ1n) is 9.48. The van der Waals surface area contributed by atoms with Crippen LogP contribution in [0.2, 0.25) is 5.02 Å². The van der Waals surface area contributed by atoms with Crippen LogP contribution < -0.4 is 4.74 Å². The topological polar surface area (TPSA) is 82.9 Å². The molecule has 0 unspecified atom stereocenters. The molecule has 1 saturated heterocycles. The van der Waals surface area contributed by atoms with Gasteiger partial charge in [0.05, 0.1) is 22.9 Å². The number of rotatable bonds is 3. The van der Waals surface area contributed by atoms with Crippen molar-refractivity contribution in [1.29, 1.82) is 0 Å². The fraction of sp³-hybridized carbons (Fsp3) is 0.333. The minimum atomic E-state index is -0.610. The largest absolute Gasteiger partial charge is 0.479 e. The summed E-state index contributed by atoms with van der Waals surface area (Å²) >= 11 is 7.88. The highest BCUT2D eigenvalue weighted by Gasteiger charge is 2.37. The van der Waals surface area contributed by atoms with E-state index in [0.29, 0.717) is 36.7 Å². The minimum absolute atomic E-state index is 0.0388. The van der Waals surface area contributed by atoms with Crippen LogP contribution in [0.3, 0.4) is 0 Å². The standard InChI is InChI=1S/C21H19ClN2O4S/c22-12-5-11-6-18(21(27)24-4-2-13(26)9-24)28-19(11)16(7-12)15-1-3-23-17-8-14(10-25)29-20(15)17/h1,3,5,7-8,13,18,25-26H,2,4,6,9-10H2/t13-,18+/m0/s1. The number of carbonyl (C=O) groups is 1. The first kappa shape index (κ1) is 18.8. The number of benzene rings is 1. The van der Waals surface area contributed by atoms with E-state index in [9.17, 15) is 15.0 Å². The second kappa shape index (κ2) is 7.25. The average molecular weight is 431 g/mol. The Labute approximate surface area is 176 Å². The maximum Gasteiger partial charge on any atom is 0.264 e. The number of halogens is 1. The van der Waals surface area contributed by atoms with E-state index in [0.717, 1.165) is 31.8 Å². The number of hydrogen-bond donors (Lipinski definition) is 2. The third kappa shape index (κ3) is 3.28. The van der Waals surface area contributed by atoms with Gasteiger partial charge in [-0.2, -0.15) is 0 Å². The summed E-state index contributed by atoms with van der Waals surface area (Å²) < 4.78 is 7.09. The van der Waals surface area contributed by atoms with Crippen LogP contribution in [0, 0.1) is 0 Å². The predicted octanol–water partition coefficient (Wildman–Crippen LogP) is 3.01. The number of aromatic nitrogens is 1. The van der Waals surface area contributed by atoms with E-state index in [1.54, 1.807) is 11.1 Å². The molecule has 8 heteroatoms. The smallest absolute Gasteiger partial charge is 0.264 e. The van der Waals surface area contributed by atoms with Crippen LogP contribution in [0.25, 0.3) is 21.3 Å². The average Bonchev–Trinajstić information content (AvgIpc) is 3.43. The summed E-state index contributed by atoms with van der Waals surface area (Å²) in [5, 5.41) is 19.8. The number of hydrogen-bond acceptors (Lipinski definition) is 6. The molecule has 0 bridgehead atoms. The summed E-state index contributed by atoms with van der Waals surface area (Å²) in [5.41, 5.74) is 3.45. The van der Waals surface area contributed by atoms with Crippen LogP contribution in [-0.2, 0) is 17.8 Å². The molecular weight excluding hydrogens is 412 g/mol. The van der Waals surface area contributed by atoms with Crippen LogP contribution in [0.5, 0.6) is 5.75 Å². The van der Waals surface area contributed by atoms with Gasteiger partial charge < -0.3 is 19.8 Å². The van der Waals surface area contributed by atoms with Crippen LogP contribution in [0.15, 0.2) is 30.5 Å². The summed E-state index contributed by atoms with van der Waals surface area (Å²) in [7, 11) is 0. The van der Waals surface area contributed by atoms with Gasteiger partial charge >= 0.3 is 0 Å². The van der Waals surface area contributed by atoms with Gasteiger partial charge in [-0.05, 0) is 30.7 Å². The number of thiophene rings is 1. The van der Waals surface area contributed by atoms with Gasteiger partial charge in [0.2, 0.25) is 0 Å². The van der Waals surface area contributed by atoms with Gasteiger partial charge in [-0.25, -0.2) is 0 Å². The molecule has 1 fully saturated rings.